The zero-order chi connectivity index (χ0) is 18.9. The Morgan fingerprint density at radius 1 is 1.38 bits per heavy atom. The zero-order valence-corrected chi connectivity index (χ0v) is 15.7. The number of anilines is 1. The van der Waals surface area contributed by atoms with Crippen LogP contribution in [0.4, 0.5) is 10.5 Å². The molecule has 1 amide bonds. The standard InChI is InChI=1S/C14H20ClN5O5S/c1-26(23,24)20-5-2-9(7-20)17-14(22)25-10-3-4-19(8-10)11-6-16-18-13(21)12(11)15/h6,9-10H,2-5,7-8H2,1H3,(H,17,22)(H,18,21)/t9-,10-/m1/s1. The summed E-state index contributed by atoms with van der Waals surface area (Å²) >= 11 is 5.99. The van der Waals surface area contributed by atoms with Crippen molar-refractivity contribution >= 4 is 33.4 Å². The molecule has 10 nitrogen and oxygen atoms in total. The predicted molar refractivity (Wildman–Crippen MR) is 94.9 cm³/mol. The summed E-state index contributed by atoms with van der Waals surface area (Å²) in [6.07, 6.45) is 2.83. The van der Waals surface area contributed by atoms with Crippen LogP contribution in [-0.2, 0) is 14.8 Å². The number of sulfonamides is 1. The molecule has 1 aromatic heterocycles. The number of amides is 1. The van der Waals surface area contributed by atoms with Gasteiger partial charge in [-0.15, -0.1) is 0 Å². The summed E-state index contributed by atoms with van der Waals surface area (Å²) in [6, 6.07) is -0.263. The highest BCUT2D eigenvalue weighted by Crippen LogP contribution is 2.25. The molecule has 0 aromatic carbocycles. The van der Waals surface area contributed by atoms with E-state index in [0.717, 1.165) is 6.26 Å². The van der Waals surface area contributed by atoms with E-state index in [1.165, 1.54) is 10.5 Å². The highest BCUT2D eigenvalue weighted by molar-refractivity contribution is 7.88. The van der Waals surface area contributed by atoms with Crippen molar-refractivity contribution in [2.45, 2.75) is 25.0 Å². The number of halogens is 1. The lowest BCUT2D eigenvalue weighted by atomic mass is 10.3. The fourth-order valence-corrected chi connectivity index (χ4v) is 4.24. The maximum Gasteiger partial charge on any atom is 0.407 e. The third-order valence-electron chi connectivity index (χ3n) is 4.48. The Kier molecular flexibility index (Phi) is 5.39. The Morgan fingerprint density at radius 3 is 2.85 bits per heavy atom. The minimum atomic E-state index is -3.25. The topological polar surface area (TPSA) is 125 Å². The summed E-state index contributed by atoms with van der Waals surface area (Å²) in [7, 11) is -3.25. The summed E-state index contributed by atoms with van der Waals surface area (Å²) in [6.45, 7) is 1.61. The molecule has 2 aliphatic rings. The Hall–Kier alpha value is -1.85. The van der Waals surface area contributed by atoms with Crippen molar-refractivity contribution < 1.29 is 17.9 Å². The quantitative estimate of drug-likeness (QED) is 0.708. The number of nitrogens with one attached hydrogen (secondary N) is 2. The number of hydrogen-bond donors (Lipinski definition) is 2. The molecule has 2 N–H and O–H groups in total. The van der Waals surface area contributed by atoms with Crippen LogP contribution in [0.25, 0.3) is 0 Å². The van der Waals surface area contributed by atoms with Crippen LogP contribution in [0.5, 0.6) is 0 Å². The minimum Gasteiger partial charge on any atom is -0.444 e. The van der Waals surface area contributed by atoms with E-state index < -0.39 is 21.7 Å². The van der Waals surface area contributed by atoms with Gasteiger partial charge in [0.1, 0.15) is 11.1 Å². The van der Waals surface area contributed by atoms with E-state index in [4.69, 9.17) is 16.3 Å². The third-order valence-corrected chi connectivity index (χ3v) is 6.11. The largest absolute Gasteiger partial charge is 0.444 e. The number of carbonyl (C=O) groups excluding carboxylic acids is 1. The number of ether oxygens (including phenoxy) is 1. The first kappa shape index (κ1) is 18.9. The summed E-state index contributed by atoms with van der Waals surface area (Å²) in [4.78, 5) is 25.4. The lowest BCUT2D eigenvalue weighted by Crippen LogP contribution is -2.40. The Morgan fingerprint density at radius 2 is 2.15 bits per heavy atom. The lowest BCUT2D eigenvalue weighted by molar-refractivity contribution is 0.105. The molecule has 3 heterocycles. The van der Waals surface area contributed by atoms with Crippen molar-refractivity contribution in [3.63, 3.8) is 0 Å². The first-order chi connectivity index (χ1) is 12.2. The van der Waals surface area contributed by atoms with Gasteiger partial charge < -0.3 is 15.0 Å². The van der Waals surface area contributed by atoms with Crippen molar-refractivity contribution in [3.05, 3.63) is 21.6 Å². The van der Waals surface area contributed by atoms with Gasteiger partial charge in [-0.25, -0.2) is 22.6 Å². The highest BCUT2D eigenvalue weighted by Gasteiger charge is 2.32. The van der Waals surface area contributed by atoms with E-state index in [1.807, 2.05) is 4.90 Å². The molecule has 0 aliphatic carbocycles. The highest BCUT2D eigenvalue weighted by atomic mass is 35.5. The monoisotopic (exact) mass is 405 g/mol. The van der Waals surface area contributed by atoms with Crippen molar-refractivity contribution in [3.8, 4) is 0 Å². The molecular formula is C14H20ClN5O5S. The second-order valence-corrected chi connectivity index (χ2v) is 8.77. The van der Waals surface area contributed by atoms with E-state index in [2.05, 4.69) is 15.5 Å². The van der Waals surface area contributed by atoms with E-state index in [0.29, 0.717) is 38.2 Å². The molecule has 0 spiro atoms. The molecule has 144 valence electrons. The molecule has 2 atom stereocenters. The molecule has 2 aliphatic heterocycles. The summed E-state index contributed by atoms with van der Waals surface area (Å²) in [5.41, 5.74) is 0.0319. The van der Waals surface area contributed by atoms with Crippen molar-refractivity contribution in [1.29, 1.82) is 0 Å². The molecule has 2 fully saturated rings. The smallest absolute Gasteiger partial charge is 0.407 e. The number of aromatic amines is 1. The number of H-pyrrole nitrogens is 1. The number of rotatable bonds is 4. The zero-order valence-electron chi connectivity index (χ0n) is 14.1. The minimum absolute atomic E-state index is 0.0527. The predicted octanol–water partition coefficient (Wildman–Crippen LogP) is -0.238. The fourth-order valence-electron chi connectivity index (χ4n) is 3.14. The van der Waals surface area contributed by atoms with Crippen molar-refractivity contribution in [2.24, 2.45) is 0 Å². The van der Waals surface area contributed by atoms with Crippen molar-refractivity contribution in [2.75, 3.05) is 37.3 Å². The normalized spacial score (nSPS) is 24.0. The second-order valence-electron chi connectivity index (χ2n) is 6.41. The van der Waals surface area contributed by atoms with E-state index in [1.54, 1.807) is 0 Å². The summed E-state index contributed by atoms with van der Waals surface area (Å²) < 4.78 is 29.7. The van der Waals surface area contributed by atoms with Gasteiger partial charge in [0.25, 0.3) is 5.56 Å². The van der Waals surface area contributed by atoms with Crippen molar-refractivity contribution in [1.82, 2.24) is 19.8 Å². The molecule has 26 heavy (non-hydrogen) atoms. The van der Waals surface area contributed by atoms with Gasteiger partial charge in [0.05, 0.1) is 24.7 Å². The number of carbonyl (C=O) groups is 1. The van der Waals surface area contributed by atoms with Crippen LogP contribution in [0.2, 0.25) is 5.02 Å². The Bertz CT molecular complexity index is 844. The lowest BCUT2D eigenvalue weighted by Gasteiger charge is -2.19. The molecule has 0 saturated carbocycles. The number of aromatic nitrogens is 2. The van der Waals surface area contributed by atoms with Crippen LogP contribution in [0.15, 0.2) is 11.0 Å². The van der Waals surface area contributed by atoms with Gasteiger partial charge in [-0.2, -0.15) is 5.10 Å². The molecule has 3 rings (SSSR count). The Balaban J connectivity index is 1.51. The number of hydrogen-bond acceptors (Lipinski definition) is 7. The first-order valence-electron chi connectivity index (χ1n) is 8.14. The Labute approximate surface area is 155 Å². The van der Waals surface area contributed by atoms with Gasteiger partial charge in [-0.05, 0) is 6.42 Å². The van der Waals surface area contributed by atoms with E-state index in [9.17, 15) is 18.0 Å². The van der Waals surface area contributed by atoms with Crippen LogP contribution in [0.3, 0.4) is 0 Å². The molecule has 12 heteroatoms. The SMILES string of the molecule is CS(=O)(=O)N1CC[C@@H](NC(=O)O[C@@H]2CCN(c3cn[nH]c(=O)c3Cl)C2)C1. The van der Waals surface area contributed by atoms with Crippen LogP contribution >= 0.6 is 11.6 Å². The van der Waals surface area contributed by atoms with Gasteiger partial charge in [0.2, 0.25) is 10.0 Å². The van der Waals surface area contributed by atoms with Crippen LogP contribution in [0, 0.1) is 0 Å². The van der Waals surface area contributed by atoms with Crippen LogP contribution in [-0.4, -0.2) is 73.6 Å². The van der Waals surface area contributed by atoms with Crippen LogP contribution < -0.4 is 15.8 Å². The molecule has 0 unspecified atom stereocenters. The second kappa shape index (κ2) is 7.41. The number of nitrogens with zero attached hydrogens (tertiary/aromatic N) is 3. The van der Waals surface area contributed by atoms with Gasteiger partial charge in [0.15, 0.2) is 0 Å². The molecule has 0 radical (unpaired) electrons. The van der Waals surface area contributed by atoms with E-state index in [-0.39, 0.29) is 23.7 Å². The maximum atomic E-state index is 12.1. The molecule has 0 bridgehead atoms. The summed E-state index contributed by atoms with van der Waals surface area (Å²) in [5, 5.41) is 8.74. The maximum absolute atomic E-state index is 12.1. The third kappa shape index (κ3) is 4.27. The van der Waals surface area contributed by atoms with Gasteiger partial charge in [-0.1, -0.05) is 11.6 Å². The number of alkyl carbamates (subject to hydrolysis) is 1. The first-order valence-corrected chi connectivity index (χ1v) is 10.4. The summed E-state index contributed by atoms with van der Waals surface area (Å²) in [5.74, 6) is 0. The van der Waals surface area contributed by atoms with E-state index >= 15 is 0 Å². The van der Waals surface area contributed by atoms with Gasteiger partial charge in [-0.3, -0.25) is 4.79 Å². The fraction of sp³-hybridized carbons (Fsp3) is 0.643. The molecular weight excluding hydrogens is 386 g/mol. The van der Waals surface area contributed by atoms with Gasteiger partial charge >= 0.3 is 6.09 Å². The van der Waals surface area contributed by atoms with Gasteiger partial charge in [0, 0.05) is 32.1 Å². The molecule has 2 saturated heterocycles. The average molecular weight is 406 g/mol. The van der Waals surface area contributed by atoms with Crippen LogP contribution in [0.1, 0.15) is 12.8 Å². The molecule has 1 aromatic rings. The average Bonchev–Trinajstić information content (AvgIpc) is 3.19.